The minimum Gasteiger partial charge on any atom is -0.468 e. The maximum absolute atomic E-state index is 12.0. The molecule has 19 heavy (non-hydrogen) atoms. The Hall–Kier alpha value is -1.82. The van der Waals surface area contributed by atoms with E-state index in [1.807, 2.05) is 51.1 Å². The number of ether oxygens (including phenoxy) is 1. The Kier molecular flexibility index (Phi) is 5.11. The topological polar surface area (TPSA) is 50.1 Å². The highest BCUT2D eigenvalue weighted by atomic mass is 16.5. The molecular weight excluding hydrogens is 238 g/mol. The van der Waals surface area contributed by atoms with Gasteiger partial charge in [-0.05, 0) is 23.8 Å². The van der Waals surface area contributed by atoms with Crippen LogP contribution in [0.2, 0.25) is 0 Å². The van der Waals surface area contributed by atoms with Gasteiger partial charge >= 0.3 is 5.97 Å². The lowest BCUT2D eigenvalue weighted by atomic mass is 9.71. The van der Waals surface area contributed by atoms with E-state index in [1.165, 1.54) is 7.11 Å². The van der Waals surface area contributed by atoms with Crippen LogP contribution >= 0.6 is 0 Å². The van der Waals surface area contributed by atoms with Crippen LogP contribution in [-0.2, 0) is 9.53 Å². The van der Waals surface area contributed by atoms with Crippen LogP contribution in [0.1, 0.15) is 38.7 Å². The fraction of sp³-hybridized carbons (Fsp3) is 0.500. The standard InChI is InChI=1S/C16H21NO2/c1-12(2)16(11-17,15(18)19-4)10-13(3)14-8-6-5-7-9-14/h5-9,12-13H,10H2,1-4H3/t13-,16+/m1/s1. The summed E-state index contributed by atoms with van der Waals surface area (Å²) in [5, 5.41) is 9.49. The Morgan fingerprint density at radius 3 is 2.32 bits per heavy atom. The molecule has 0 saturated carbocycles. The summed E-state index contributed by atoms with van der Waals surface area (Å²) in [5.41, 5.74) is 0.0518. The smallest absolute Gasteiger partial charge is 0.326 e. The second-order valence-electron chi connectivity index (χ2n) is 5.25. The number of nitriles is 1. The largest absolute Gasteiger partial charge is 0.468 e. The van der Waals surface area contributed by atoms with Gasteiger partial charge in [-0.15, -0.1) is 0 Å². The summed E-state index contributed by atoms with van der Waals surface area (Å²) < 4.78 is 4.84. The Balaban J connectivity index is 3.03. The highest BCUT2D eigenvalue weighted by molar-refractivity contribution is 5.80. The molecule has 0 bridgehead atoms. The van der Waals surface area contributed by atoms with Crippen molar-refractivity contribution in [1.82, 2.24) is 0 Å². The molecule has 0 fully saturated rings. The molecule has 0 radical (unpaired) electrons. The molecule has 0 aliphatic heterocycles. The molecule has 0 aliphatic rings. The lowest BCUT2D eigenvalue weighted by molar-refractivity contribution is -0.152. The van der Waals surface area contributed by atoms with Crippen molar-refractivity contribution in [2.75, 3.05) is 7.11 Å². The van der Waals surface area contributed by atoms with E-state index < -0.39 is 11.4 Å². The average molecular weight is 259 g/mol. The predicted molar refractivity (Wildman–Crippen MR) is 74.4 cm³/mol. The molecule has 102 valence electrons. The summed E-state index contributed by atoms with van der Waals surface area (Å²) in [5.74, 6) is -0.397. The summed E-state index contributed by atoms with van der Waals surface area (Å²) >= 11 is 0. The minimum atomic E-state index is -1.08. The maximum Gasteiger partial charge on any atom is 0.326 e. The molecule has 0 aromatic heterocycles. The van der Waals surface area contributed by atoms with E-state index in [-0.39, 0.29) is 11.8 Å². The van der Waals surface area contributed by atoms with E-state index in [2.05, 4.69) is 6.07 Å². The summed E-state index contributed by atoms with van der Waals surface area (Å²) in [6.07, 6.45) is 0.470. The monoisotopic (exact) mass is 259 g/mol. The molecule has 0 heterocycles. The van der Waals surface area contributed by atoms with E-state index in [4.69, 9.17) is 4.74 Å². The van der Waals surface area contributed by atoms with Crippen LogP contribution in [0.5, 0.6) is 0 Å². The van der Waals surface area contributed by atoms with Gasteiger partial charge in [0.1, 0.15) is 0 Å². The van der Waals surface area contributed by atoms with Crippen LogP contribution in [0.25, 0.3) is 0 Å². The predicted octanol–water partition coefficient (Wildman–Crippen LogP) is 3.52. The molecule has 1 aromatic rings. The molecule has 2 atom stereocenters. The zero-order valence-corrected chi connectivity index (χ0v) is 12.0. The highest BCUT2D eigenvalue weighted by Crippen LogP contribution is 2.38. The van der Waals surface area contributed by atoms with Crippen molar-refractivity contribution in [3.63, 3.8) is 0 Å². The molecule has 1 rings (SSSR count). The van der Waals surface area contributed by atoms with Crippen LogP contribution in [0.4, 0.5) is 0 Å². The molecule has 0 N–H and O–H groups in total. The zero-order chi connectivity index (χ0) is 14.5. The van der Waals surface area contributed by atoms with E-state index in [9.17, 15) is 10.1 Å². The number of nitrogens with zero attached hydrogens (tertiary/aromatic N) is 1. The molecule has 0 saturated heterocycles. The first-order valence-electron chi connectivity index (χ1n) is 6.52. The van der Waals surface area contributed by atoms with Crippen molar-refractivity contribution in [3.8, 4) is 6.07 Å². The number of carbonyl (C=O) groups is 1. The molecule has 0 unspecified atom stereocenters. The van der Waals surface area contributed by atoms with Crippen molar-refractivity contribution in [2.24, 2.45) is 11.3 Å². The van der Waals surface area contributed by atoms with Gasteiger partial charge in [0.15, 0.2) is 5.41 Å². The van der Waals surface area contributed by atoms with E-state index >= 15 is 0 Å². The molecule has 0 aliphatic carbocycles. The highest BCUT2D eigenvalue weighted by Gasteiger charge is 2.44. The lowest BCUT2D eigenvalue weighted by Crippen LogP contribution is -2.37. The number of methoxy groups -OCH3 is 1. The third kappa shape index (κ3) is 3.14. The number of hydrogen-bond donors (Lipinski definition) is 0. The zero-order valence-electron chi connectivity index (χ0n) is 12.0. The summed E-state index contributed by atoms with van der Waals surface area (Å²) in [6, 6.07) is 12.1. The van der Waals surface area contributed by atoms with Crippen LogP contribution in [0, 0.1) is 22.7 Å². The summed E-state index contributed by atoms with van der Waals surface area (Å²) in [7, 11) is 1.34. The van der Waals surface area contributed by atoms with Crippen molar-refractivity contribution < 1.29 is 9.53 Å². The first-order valence-corrected chi connectivity index (χ1v) is 6.52. The average Bonchev–Trinajstić information content (AvgIpc) is 2.44. The molecule has 3 nitrogen and oxygen atoms in total. The number of rotatable bonds is 5. The van der Waals surface area contributed by atoms with Gasteiger partial charge in [0, 0.05) is 0 Å². The van der Waals surface area contributed by atoms with Gasteiger partial charge in [-0.25, -0.2) is 0 Å². The van der Waals surface area contributed by atoms with Crippen LogP contribution < -0.4 is 0 Å². The van der Waals surface area contributed by atoms with Crippen molar-refractivity contribution in [3.05, 3.63) is 35.9 Å². The van der Waals surface area contributed by atoms with Gasteiger partial charge in [0.05, 0.1) is 13.2 Å². The number of esters is 1. The Bertz CT molecular complexity index is 461. The van der Waals surface area contributed by atoms with E-state index in [1.54, 1.807) is 0 Å². The van der Waals surface area contributed by atoms with Gasteiger partial charge in [0.25, 0.3) is 0 Å². The molecule has 3 heteroatoms. The second-order valence-corrected chi connectivity index (χ2v) is 5.25. The van der Waals surface area contributed by atoms with Gasteiger partial charge in [0.2, 0.25) is 0 Å². The Morgan fingerprint density at radius 1 is 1.32 bits per heavy atom. The number of hydrogen-bond acceptors (Lipinski definition) is 3. The van der Waals surface area contributed by atoms with Crippen LogP contribution in [-0.4, -0.2) is 13.1 Å². The van der Waals surface area contributed by atoms with Crippen molar-refractivity contribution in [2.45, 2.75) is 33.1 Å². The number of benzene rings is 1. The SMILES string of the molecule is COC(=O)[C@](C#N)(C[C@@H](C)c1ccccc1)C(C)C. The quantitative estimate of drug-likeness (QED) is 0.760. The number of carbonyl (C=O) groups excluding carboxylic acids is 1. The first-order chi connectivity index (χ1) is 8.97. The van der Waals surface area contributed by atoms with Crippen LogP contribution in [0.15, 0.2) is 30.3 Å². The van der Waals surface area contributed by atoms with Gasteiger partial charge in [-0.3, -0.25) is 4.79 Å². The Labute approximate surface area is 115 Å². The van der Waals surface area contributed by atoms with Crippen LogP contribution in [0.3, 0.4) is 0 Å². The molecule has 0 amide bonds. The maximum atomic E-state index is 12.0. The molecule has 0 spiro atoms. The summed E-state index contributed by atoms with van der Waals surface area (Å²) in [4.78, 5) is 12.0. The lowest BCUT2D eigenvalue weighted by Gasteiger charge is -2.30. The third-order valence-corrected chi connectivity index (χ3v) is 3.73. The fourth-order valence-corrected chi connectivity index (χ4v) is 2.34. The second kappa shape index (κ2) is 6.38. The van der Waals surface area contributed by atoms with Gasteiger partial charge in [-0.2, -0.15) is 5.26 Å². The van der Waals surface area contributed by atoms with Gasteiger partial charge in [-0.1, -0.05) is 51.1 Å². The fourth-order valence-electron chi connectivity index (χ4n) is 2.34. The van der Waals surface area contributed by atoms with Crippen molar-refractivity contribution in [1.29, 1.82) is 5.26 Å². The van der Waals surface area contributed by atoms with Gasteiger partial charge < -0.3 is 4.74 Å². The van der Waals surface area contributed by atoms with E-state index in [0.29, 0.717) is 6.42 Å². The summed E-state index contributed by atoms with van der Waals surface area (Å²) in [6.45, 7) is 5.81. The first kappa shape index (κ1) is 15.2. The molecule has 1 aromatic carbocycles. The molecular formula is C16H21NO2. The van der Waals surface area contributed by atoms with E-state index in [0.717, 1.165) is 5.56 Å². The Morgan fingerprint density at radius 2 is 1.89 bits per heavy atom. The third-order valence-electron chi connectivity index (χ3n) is 3.73. The minimum absolute atomic E-state index is 0.0869. The normalized spacial score (nSPS) is 15.4. The van der Waals surface area contributed by atoms with Crippen molar-refractivity contribution >= 4 is 5.97 Å².